The molecule has 0 bridgehead atoms. The van der Waals surface area contributed by atoms with Gasteiger partial charge in [-0.05, 0) is 36.0 Å². The normalized spacial score (nSPS) is 20.2. The summed E-state index contributed by atoms with van der Waals surface area (Å²) in [5.41, 5.74) is 11.4. The van der Waals surface area contributed by atoms with Gasteiger partial charge in [0.15, 0.2) is 0 Å². The third kappa shape index (κ3) is 2.38. The molecule has 0 amide bonds. The molecule has 2 heterocycles. The maximum Gasteiger partial charge on any atom is 0.142 e. The highest BCUT2D eigenvalue weighted by Crippen LogP contribution is 2.49. The molecule has 4 rings (SSSR count). The van der Waals surface area contributed by atoms with Gasteiger partial charge in [-0.3, -0.25) is 0 Å². The summed E-state index contributed by atoms with van der Waals surface area (Å²) in [7, 11) is 1.70. The number of nitrogens with zero attached hydrogens (tertiary/aromatic N) is 4. The van der Waals surface area contributed by atoms with E-state index in [1.807, 2.05) is 6.07 Å². The average Bonchev–Trinajstić information content (AvgIpc) is 3.08. The summed E-state index contributed by atoms with van der Waals surface area (Å²) in [6, 6.07) is 6.46. The molecule has 0 saturated carbocycles. The molecule has 1 fully saturated rings. The van der Waals surface area contributed by atoms with E-state index in [-0.39, 0.29) is 11.3 Å². The molecule has 1 aliphatic heterocycles. The molecule has 0 spiro atoms. The fourth-order valence-corrected chi connectivity index (χ4v) is 4.40. The van der Waals surface area contributed by atoms with E-state index in [1.165, 1.54) is 11.9 Å². The summed E-state index contributed by atoms with van der Waals surface area (Å²) in [5, 5.41) is 9.30. The van der Waals surface area contributed by atoms with Crippen LogP contribution in [0.4, 0.5) is 11.5 Å². The number of rotatable bonds is 2. The van der Waals surface area contributed by atoms with Crippen LogP contribution in [0.5, 0.6) is 5.75 Å². The van der Waals surface area contributed by atoms with Crippen LogP contribution < -0.4 is 15.4 Å². The van der Waals surface area contributed by atoms with Gasteiger partial charge in [-0.25, -0.2) is 9.97 Å². The molecule has 2 N–H and O–H groups in total. The molecule has 1 aliphatic carbocycles. The second-order valence-corrected chi connectivity index (χ2v) is 7.75. The molecule has 1 aromatic carbocycles. The van der Waals surface area contributed by atoms with Crippen LogP contribution in [0.3, 0.4) is 0 Å². The van der Waals surface area contributed by atoms with E-state index in [4.69, 9.17) is 10.5 Å². The number of nitrogens with two attached hydrogens (primary N) is 1. The zero-order valence-corrected chi connectivity index (χ0v) is 15.4. The SMILES string of the molecule is COc1ccc2c(c1N1CCC(C#N)C1)CC(C)(C)c1c(N)ncnc1-2. The smallest absolute Gasteiger partial charge is 0.142 e. The molecular weight excluding hydrogens is 326 g/mol. The topological polar surface area (TPSA) is 88.1 Å². The number of ether oxygens (including phenoxy) is 1. The number of hydrogen-bond donors (Lipinski definition) is 1. The Bertz CT molecular complexity index is 915. The van der Waals surface area contributed by atoms with Gasteiger partial charge in [-0.2, -0.15) is 5.26 Å². The van der Waals surface area contributed by atoms with Crippen LogP contribution >= 0.6 is 0 Å². The maximum atomic E-state index is 9.30. The molecule has 2 aromatic rings. The summed E-state index contributed by atoms with van der Waals surface area (Å²) in [5.74, 6) is 1.47. The molecule has 134 valence electrons. The third-order valence-corrected chi connectivity index (χ3v) is 5.58. The van der Waals surface area contributed by atoms with Crippen LogP contribution in [0.1, 0.15) is 31.4 Å². The maximum absolute atomic E-state index is 9.30. The molecule has 2 aliphatic rings. The van der Waals surface area contributed by atoms with Crippen LogP contribution in [0, 0.1) is 17.2 Å². The summed E-state index contributed by atoms with van der Waals surface area (Å²) in [4.78, 5) is 11.1. The standard InChI is InChI=1S/C20H23N5O/c1-20(2)8-14-13(17-16(20)19(22)24-11-23-17)4-5-15(26-3)18(14)25-7-6-12(9-21)10-25/h4-5,11-12H,6-8,10H2,1-3H3,(H2,22,23,24). The lowest BCUT2D eigenvalue weighted by Crippen LogP contribution is -2.31. The van der Waals surface area contributed by atoms with Crippen molar-refractivity contribution < 1.29 is 4.74 Å². The van der Waals surface area contributed by atoms with Crippen molar-refractivity contribution in [3.8, 4) is 23.1 Å². The van der Waals surface area contributed by atoms with Gasteiger partial charge in [-0.1, -0.05) is 13.8 Å². The van der Waals surface area contributed by atoms with E-state index in [9.17, 15) is 5.26 Å². The van der Waals surface area contributed by atoms with E-state index in [0.29, 0.717) is 5.82 Å². The summed E-state index contributed by atoms with van der Waals surface area (Å²) < 4.78 is 5.69. The van der Waals surface area contributed by atoms with E-state index >= 15 is 0 Å². The Morgan fingerprint density at radius 2 is 2.15 bits per heavy atom. The highest BCUT2D eigenvalue weighted by atomic mass is 16.5. The van der Waals surface area contributed by atoms with Gasteiger partial charge >= 0.3 is 0 Å². The predicted molar refractivity (Wildman–Crippen MR) is 101 cm³/mol. The number of anilines is 2. The van der Waals surface area contributed by atoms with Crippen molar-refractivity contribution in [1.82, 2.24) is 9.97 Å². The Morgan fingerprint density at radius 1 is 1.35 bits per heavy atom. The van der Waals surface area contributed by atoms with Crippen molar-refractivity contribution in [3.63, 3.8) is 0 Å². The van der Waals surface area contributed by atoms with E-state index in [1.54, 1.807) is 7.11 Å². The molecule has 0 radical (unpaired) electrons. The summed E-state index contributed by atoms with van der Waals surface area (Å²) in [6.45, 7) is 5.96. The third-order valence-electron chi connectivity index (χ3n) is 5.58. The first-order valence-electron chi connectivity index (χ1n) is 8.92. The Balaban J connectivity index is 1.94. The van der Waals surface area contributed by atoms with Crippen LogP contribution in [-0.2, 0) is 11.8 Å². The number of hydrogen-bond acceptors (Lipinski definition) is 6. The van der Waals surface area contributed by atoms with Gasteiger partial charge in [0.05, 0.1) is 30.5 Å². The van der Waals surface area contributed by atoms with Crippen LogP contribution in [0.2, 0.25) is 0 Å². The number of nitriles is 1. The molecule has 6 nitrogen and oxygen atoms in total. The van der Waals surface area contributed by atoms with E-state index in [2.05, 4.69) is 40.9 Å². The first-order chi connectivity index (χ1) is 12.5. The van der Waals surface area contributed by atoms with E-state index < -0.39 is 0 Å². The second-order valence-electron chi connectivity index (χ2n) is 7.75. The fraction of sp³-hybridized carbons (Fsp3) is 0.450. The number of nitrogen functional groups attached to an aromatic ring is 1. The summed E-state index contributed by atoms with van der Waals surface area (Å²) in [6.07, 6.45) is 3.25. The first-order valence-corrected chi connectivity index (χ1v) is 8.92. The van der Waals surface area contributed by atoms with Gasteiger partial charge in [0.1, 0.15) is 17.9 Å². The van der Waals surface area contributed by atoms with Crippen LogP contribution in [-0.4, -0.2) is 30.2 Å². The van der Waals surface area contributed by atoms with Crippen molar-refractivity contribution in [1.29, 1.82) is 5.26 Å². The molecule has 1 saturated heterocycles. The first kappa shape index (κ1) is 16.6. The minimum absolute atomic E-state index is 0.0671. The van der Waals surface area contributed by atoms with Crippen molar-refractivity contribution in [2.45, 2.75) is 32.1 Å². The van der Waals surface area contributed by atoms with Crippen LogP contribution in [0.15, 0.2) is 18.5 Å². The molecule has 1 unspecified atom stereocenters. The number of aromatic nitrogens is 2. The Hall–Kier alpha value is -2.81. The second kappa shape index (κ2) is 5.87. The molecule has 1 atom stereocenters. The highest BCUT2D eigenvalue weighted by molar-refractivity contribution is 5.83. The van der Waals surface area contributed by atoms with Crippen molar-refractivity contribution >= 4 is 11.5 Å². The van der Waals surface area contributed by atoms with Gasteiger partial charge in [0.25, 0.3) is 0 Å². The minimum Gasteiger partial charge on any atom is -0.495 e. The van der Waals surface area contributed by atoms with Gasteiger partial charge in [0.2, 0.25) is 0 Å². The number of fused-ring (bicyclic) bond motifs is 3. The quantitative estimate of drug-likeness (QED) is 0.897. The van der Waals surface area contributed by atoms with Gasteiger partial charge < -0.3 is 15.4 Å². The average molecular weight is 349 g/mol. The minimum atomic E-state index is -0.177. The number of methoxy groups -OCH3 is 1. The lowest BCUT2D eigenvalue weighted by molar-refractivity contribution is 0.413. The molecule has 1 aromatic heterocycles. The van der Waals surface area contributed by atoms with E-state index in [0.717, 1.165) is 54.2 Å². The molecule has 6 heteroatoms. The van der Waals surface area contributed by atoms with Crippen LogP contribution in [0.25, 0.3) is 11.3 Å². The Labute approximate surface area is 153 Å². The molecular formula is C20H23N5O. The summed E-state index contributed by atoms with van der Waals surface area (Å²) >= 11 is 0. The number of benzene rings is 1. The van der Waals surface area contributed by atoms with Crippen molar-refractivity contribution in [3.05, 3.63) is 29.6 Å². The van der Waals surface area contributed by atoms with Gasteiger partial charge in [-0.15, -0.1) is 0 Å². The van der Waals surface area contributed by atoms with Crippen molar-refractivity contribution in [2.75, 3.05) is 30.8 Å². The highest BCUT2D eigenvalue weighted by Gasteiger charge is 2.38. The Morgan fingerprint density at radius 3 is 2.85 bits per heavy atom. The lowest BCUT2D eigenvalue weighted by Gasteiger charge is -2.36. The monoisotopic (exact) mass is 349 g/mol. The fourth-order valence-electron chi connectivity index (χ4n) is 4.40. The van der Waals surface area contributed by atoms with Crippen molar-refractivity contribution in [2.24, 2.45) is 5.92 Å². The van der Waals surface area contributed by atoms with Gasteiger partial charge in [0, 0.05) is 24.2 Å². The lowest BCUT2D eigenvalue weighted by atomic mass is 9.71. The zero-order valence-electron chi connectivity index (χ0n) is 15.4. The Kier molecular flexibility index (Phi) is 3.76. The zero-order chi connectivity index (χ0) is 18.5. The predicted octanol–water partition coefficient (Wildman–Crippen LogP) is 2.92. The molecule has 26 heavy (non-hydrogen) atoms. The largest absolute Gasteiger partial charge is 0.495 e.